The van der Waals surface area contributed by atoms with Crippen LogP contribution in [0.2, 0.25) is 0 Å². The molecule has 2 aromatic carbocycles. The quantitative estimate of drug-likeness (QED) is 0.788. The maximum absolute atomic E-state index is 6.40. The fourth-order valence-electron chi connectivity index (χ4n) is 3.35. The Morgan fingerprint density at radius 2 is 1.72 bits per heavy atom. The Balaban J connectivity index is 0.00000225. The van der Waals surface area contributed by atoms with E-state index in [1.165, 1.54) is 11.1 Å². The van der Waals surface area contributed by atoms with Crippen LogP contribution in [0.15, 0.2) is 46.9 Å². The number of hydrogen-bond donors (Lipinski definition) is 1. The van der Waals surface area contributed by atoms with Crippen LogP contribution in [0.25, 0.3) is 0 Å². The van der Waals surface area contributed by atoms with Gasteiger partial charge in [-0.05, 0) is 23.3 Å². The van der Waals surface area contributed by atoms with Crippen molar-refractivity contribution in [1.29, 1.82) is 0 Å². The summed E-state index contributed by atoms with van der Waals surface area (Å²) in [5, 5.41) is 0. The van der Waals surface area contributed by atoms with Crippen LogP contribution in [0.5, 0.6) is 11.5 Å². The molecule has 1 heterocycles. The van der Waals surface area contributed by atoms with Crippen LogP contribution in [0.4, 0.5) is 0 Å². The monoisotopic (exact) mass is 426 g/mol. The minimum Gasteiger partial charge on any atom is -0.493 e. The van der Waals surface area contributed by atoms with Crippen molar-refractivity contribution < 1.29 is 9.47 Å². The van der Waals surface area contributed by atoms with Crippen molar-refractivity contribution in [2.75, 3.05) is 27.3 Å². The van der Waals surface area contributed by atoms with Crippen LogP contribution in [0.1, 0.15) is 17.0 Å². The van der Waals surface area contributed by atoms with E-state index in [-0.39, 0.29) is 18.4 Å². The summed E-state index contributed by atoms with van der Waals surface area (Å²) in [7, 11) is 3.31. The average Bonchev–Trinajstić information content (AvgIpc) is 2.97. The van der Waals surface area contributed by atoms with Gasteiger partial charge in [0.25, 0.3) is 0 Å². The van der Waals surface area contributed by atoms with Crippen molar-refractivity contribution in [3.05, 3.63) is 58.1 Å². The lowest BCUT2D eigenvalue weighted by Crippen LogP contribution is -2.28. The van der Waals surface area contributed by atoms with Crippen molar-refractivity contribution in [3.8, 4) is 11.5 Å². The molecule has 0 bridgehead atoms. The first kappa shape index (κ1) is 20.0. The largest absolute Gasteiger partial charge is 0.493 e. The average molecular weight is 428 g/mol. The first-order chi connectivity index (χ1) is 11.6. The van der Waals surface area contributed by atoms with Gasteiger partial charge in [0.1, 0.15) is 0 Å². The van der Waals surface area contributed by atoms with Crippen LogP contribution in [0.3, 0.4) is 0 Å². The van der Waals surface area contributed by atoms with Gasteiger partial charge in [0, 0.05) is 36.1 Å². The van der Waals surface area contributed by atoms with Crippen LogP contribution in [-0.4, -0.2) is 38.3 Å². The molecule has 1 aliphatic heterocycles. The van der Waals surface area contributed by atoms with Crippen molar-refractivity contribution in [2.45, 2.75) is 18.5 Å². The SMILES string of the molecule is COc1cc(Br)c(CN2C[C@@H](N)[C@H](c3ccccc3)C2)cc1OC.Cl. The van der Waals surface area contributed by atoms with E-state index < -0.39 is 0 Å². The number of benzene rings is 2. The van der Waals surface area contributed by atoms with Crippen LogP contribution in [-0.2, 0) is 6.54 Å². The molecule has 4 nitrogen and oxygen atoms in total. The van der Waals surface area contributed by atoms with Gasteiger partial charge in [-0.1, -0.05) is 46.3 Å². The molecule has 3 rings (SSSR count). The molecule has 0 amide bonds. The van der Waals surface area contributed by atoms with E-state index in [0.717, 1.165) is 35.6 Å². The zero-order chi connectivity index (χ0) is 17.1. The molecule has 1 saturated heterocycles. The normalized spacial score (nSPS) is 20.2. The summed E-state index contributed by atoms with van der Waals surface area (Å²) in [6.07, 6.45) is 0. The number of rotatable bonds is 5. The van der Waals surface area contributed by atoms with E-state index in [9.17, 15) is 0 Å². The number of ether oxygens (including phenoxy) is 2. The third kappa shape index (κ3) is 4.47. The predicted molar refractivity (Wildman–Crippen MR) is 107 cm³/mol. The van der Waals surface area contributed by atoms with Gasteiger partial charge in [-0.2, -0.15) is 0 Å². The lowest BCUT2D eigenvalue weighted by atomic mass is 9.95. The number of nitrogens with zero attached hydrogens (tertiary/aromatic N) is 1. The Kier molecular flexibility index (Phi) is 7.14. The molecule has 136 valence electrons. The zero-order valence-corrected chi connectivity index (χ0v) is 16.8. The molecule has 2 atom stereocenters. The number of halogens is 2. The summed E-state index contributed by atoms with van der Waals surface area (Å²) in [4.78, 5) is 2.40. The van der Waals surface area contributed by atoms with Gasteiger partial charge < -0.3 is 15.2 Å². The Morgan fingerprint density at radius 3 is 2.36 bits per heavy atom. The third-order valence-electron chi connectivity index (χ3n) is 4.61. The minimum atomic E-state index is 0. The van der Waals surface area contributed by atoms with Crippen LogP contribution < -0.4 is 15.2 Å². The molecule has 0 radical (unpaired) electrons. The summed E-state index contributed by atoms with van der Waals surface area (Å²) in [6, 6.07) is 14.7. The summed E-state index contributed by atoms with van der Waals surface area (Å²) in [5.74, 6) is 1.86. The molecule has 25 heavy (non-hydrogen) atoms. The number of likely N-dealkylation sites (tertiary alicyclic amines) is 1. The highest BCUT2D eigenvalue weighted by Gasteiger charge is 2.31. The molecule has 2 aromatic rings. The van der Waals surface area contributed by atoms with Gasteiger partial charge in [0.15, 0.2) is 11.5 Å². The van der Waals surface area contributed by atoms with E-state index >= 15 is 0 Å². The third-order valence-corrected chi connectivity index (χ3v) is 5.35. The smallest absolute Gasteiger partial charge is 0.161 e. The predicted octanol–water partition coefficient (Wildman–Crippen LogP) is 3.81. The molecule has 0 spiro atoms. The molecule has 0 aromatic heterocycles. The number of hydrogen-bond acceptors (Lipinski definition) is 4. The Morgan fingerprint density at radius 1 is 1.08 bits per heavy atom. The Labute approximate surface area is 163 Å². The molecule has 1 fully saturated rings. The molecular formula is C19H24BrClN2O2. The van der Waals surface area contributed by atoms with Crippen molar-refractivity contribution in [1.82, 2.24) is 4.90 Å². The standard InChI is InChI=1S/C19H23BrN2O2.ClH/c1-23-18-8-14(16(20)9-19(18)24-2)10-22-11-15(17(21)12-22)13-6-4-3-5-7-13;/h3-9,15,17H,10-12,21H2,1-2H3;1H/t15-,17+;/m0./s1. The molecule has 2 N–H and O–H groups in total. The van der Waals surface area contributed by atoms with E-state index in [1.54, 1.807) is 14.2 Å². The first-order valence-electron chi connectivity index (χ1n) is 8.05. The van der Waals surface area contributed by atoms with Crippen LogP contribution >= 0.6 is 28.3 Å². The highest BCUT2D eigenvalue weighted by atomic mass is 79.9. The van der Waals surface area contributed by atoms with E-state index in [1.807, 2.05) is 18.2 Å². The molecule has 6 heteroatoms. The van der Waals surface area contributed by atoms with Gasteiger partial charge in [-0.3, -0.25) is 4.90 Å². The zero-order valence-electron chi connectivity index (χ0n) is 14.4. The second kappa shape index (κ2) is 8.90. The Hall–Kier alpha value is -1.27. The lowest BCUT2D eigenvalue weighted by Gasteiger charge is -2.18. The van der Waals surface area contributed by atoms with E-state index in [2.05, 4.69) is 45.1 Å². The molecule has 0 saturated carbocycles. The summed E-state index contributed by atoms with van der Waals surface area (Å²) in [5.41, 5.74) is 8.89. The molecule has 0 aliphatic carbocycles. The maximum atomic E-state index is 6.40. The van der Waals surface area contributed by atoms with Gasteiger partial charge in [0.05, 0.1) is 14.2 Å². The summed E-state index contributed by atoms with van der Waals surface area (Å²) < 4.78 is 11.8. The topological polar surface area (TPSA) is 47.7 Å². The summed E-state index contributed by atoms with van der Waals surface area (Å²) in [6.45, 7) is 2.68. The molecular weight excluding hydrogens is 404 g/mol. The molecule has 1 aliphatic rings. The molecule has 0 unspecified atom stereocenters. The van der Waals surface area contributed by atoms with Crippen molar-refractivity contribution in [3.63, 3.8) is 0 Å². The van der Waals surface area contributed by atoms with E-state index in [0.29, 0.717) is 5.92 Å². The first-order valence-corrected chi connectivity index (χ1v) is 8.85. The highest BCUT2D eigenvalue weighted by Crippen LogP contribution is 2.35. The number of nitrogens with two attached hydrogens (primary N) is 1. The Bertz CT molecular complexity index is 699. The highest BCUT2D eigenvalue weighted by molar-refractivity contribution is 9.10. The fraction of sp³-hybridized carbons (Fsp3) is 0.368. The summed E-state index contributed by atoms with van der Waals surface area (Å²) >= 11 is 3.64. The fourth-order valence-corrected chi connectivity index (χ4v) is 3.80. The van der Waals surface area contributed by atoms with Gasteiger partial charge in [-0.25, -0.2) is 0 Å². The van der Waals surface area contributed by atoms with E-state index in [4.69, 9.17) is 15.2 Å². The van der Waals surface area contributed by atoms with Crippen LogP contribution in [0, 0.1) is 0 Å². The minimum absolute atomic E-state index is 0. The van der Waals surface area contributed by atoms with Crippen molar-refractivity contribution in [2.24, 2.45) is 5.73 Å². The second-order valence-electron chi connectivity index (χ2n) is 6.17. The van der Waals surface area contributed by atoms with Gasteiger partial charge in [-0.15, -0.1) is 12.4 Å². The second-order valence-corrected chi connectivity index (χ2v) is 7.03. The van der Waals surface area contributed by atoms with Gasteiger partial charge >= 0.3 is 0 Å². The lowest BCUT2D eigenvalue weighted by molar-refractivity contribution is 0.320. The van der Waals surface area contributed by atoms with Crippen molar-refractivity contribution >= 4 is 28.3 Å². The van der Waals surface area contributed by atoms with Gasteiger partial charge in [0.2, 0.25) is 0 Å². The number of methoxy groups -OCH3 is 2. The maximum Gasteiger partial charge on any atom is 0.161 e.